The molecule has 0 atom stereocenters. The molecule has 0 bridgehead atoms. The number of pyridine rings is 1. The van der Waals surface area contributed by atoms with Crippen molar-refractivity contribution in [2.24, 2.45) is 0 Å². The fourth-order valence-electron chi connectivity index (χ4n) is 4.33. The number of ether oxygens (including phenoxy) is 1. The highest BCUT2D eigenvalue weighted by molar-refractivity contribution is 6.03. The molecule has 5 aromatic rings. The maximum Gasteiger partial charge on any atom is 0.274 e. The van der Waals surface area contributed by atoms with E-state index in [1.54, 1.807) is 36.7 Å². The van der Waals surface area contributed by atoms with E-state index in [0.717, 1.165) is 41.4 Å². The average molecular weight is 495 g/mol. The van der Waals surface area contributed by atoms with Crippen molar-refractivity contribution in [3.63, 3.8) is 0 Å². The van der Waals surface area contributed by atoms with Gasteiger partial charge in [0, 0.05) is 54.7 Å². The lowest BCUT2D eigenvalue weighted by Gasteiger charge is -2.28. The lowest BCUT2D eigenvalue weighted by atomic mass is 10.1. The summed E-state index contributed by atoms with van der Waals surface area (Å²) in [6.45, 7) is 2.85. The lowest BCUT2D eigenvalue weighted by Crippen LogP contribution is -2.37. The van der Waals surface area contributed by atoms with Gasteiger partial charge in [0.05, 0.1) is 18.9 Å². The van der Waals surface area contributed by atoms with Crippen LogP contribution in [0.1, 0.15) is 10.5 Å². The number of anilines is 2. The number of morpholine rings is 1. The highest BCUT2D eigenvalue weighted by Crippen LogP contribution is 2.26. The zero-order valence-electron chi connectivity index (χ0n) is 19.8. The smallest absolute Gasteiger partial charge is 0.274 e. The Balaban J connectivity index is 1.19. The van der Waals surface area contributed by atoms with Crippen LogP contribution in [0.2, 0.25) is 0 Å². The molecule has 1 amide bonds. The number of nitrogens with zero attached hydrogens (tertiary/aromatic N) is 5. The highest BCUT2D eigenvalue weighted by Gasteiger charge is 2.18. The summed E-state index contributed by atoms with van der Waals surface area (Å²) in [7, 11) is 0. The van der Waals surface area contributed by atoms with Crippen LogP contribution in [-0.4, -0.2) is 51.6 Å². The third-order valence-electron chi connectivity index (χ3n) is 6.26. The molecule has 1 N–H and O–H groups in total. The van der Waals surface area contributed by atoms with Gasteiger partial charge in [-0.2, -0.15) is 0 Å². The van der Waals surface area contributed by atoms with Crippen LogP contribution in [0.3, 0.4) is 0 Å². The summed E-state index contributed by atoms with van der Waals surface area (Å²) >= 11 is 0. The fourth-order valence-corrected chi connectivity index (χ4v) is 4.33. The Morgan fingerprint density at radius 2 is 1.76 bits per heavy atom. The van der Waals surface area contributed by atoms with Gasteiger partial charge in [0.1, 0.15) is 11.5 Å². The summed E-state index contributed by atoms with van der Waals surface area (Å²) in [5, 5.41) is 2.87. The van der Waals surface area contributed by atoms with Crippen LogP contribution in [0.15, 0.2) is 85.5 Å². The standard InChI is InChI=1S/C28H23FN6O2/c29-22-3-1-2-20(16-22)21-6-9-24(31-17-21)28(36)32-23-7-4-19(5-8-23)25-18-35-11-10-30-26(35)27(33-25)34-12-14-37-15-13-34/h1-11,16-18H,12-15H2,(H,32,36). The van der Waals surface area contributed by atoms with Gasteiger partial charge in [-0.05, 0) is 35.9 Å². The number of hydrogen-bond donors (Lipinski definition) is 1. The van der Waals surface area contributed by atoms with Gasteiger partial charge in [0.15, 0.2) is 11.5 Å². The van der Waals surface area contributed by atoms with E-state index in [-0.39, 0.29) is 17.4 Å². The number of fused-ring (bicyclic) bond motifs is 1. The zero-order chi connectivity index (χ0) is 25.2. The molecule has 0 aliphatic carbocycles. The van der Waals surface area contributed by atoms with Gasteiger partial charge in [0.25, 0.3) is 5.91 Å². The topological polar surface area (TPSA) is 84.7 Å². The summed E-state index contributed by atoms with van der Waals surface area (Å²) in [6, 6.07) is 17.2. The largest absolute Gasteiger partial charge is 0.378 e. The lowest BCUT2D eigenvalue weighted by molar-refractivity contribution is 0.102. The van der Waals surface area contributed by atoms with Gasteiger partial charge in [0.2, 0.25) is 0 Å². The zero-order valence-corrected chi connectivity index (χ0v) is 19.8. The number of nitrogens with one attached hydrogen (secondary N) is 1. The minimum absolute atomic E-state index is 0.270. The SMILES string of the molecule is O=C(Nc1ccc(-c2cn3ccnc3c(N3CCOCC3)n2)cc1)c1ccc(-c2cccc(F)c2)cn1. The van der Waals surface area contributed by atoms with E-state index < -0.39 is 0 Å². The molecule has 184 valence electrons. The van der Waals surface area contributed by atoms with E-state index in [0.29, 0.717) is 24.5 Å². The molecule has 0 saturated carbocycles. The first-order valence-corrected chi connectivity index (χ1v) is 11.9. The molecule has 8 nitrogen and oxygen atoms in total. The normalized spacial score (nSPS) is 13.6. The summed E-state index contributed by atoms with van der Waals surface area (Å²) in [6.07, 6.45) is 7.19. The van der Waals surface area contributed by atoms with Crippen LogP contribution in [0.4, 0.5) is 15.9 Å². The van der Waals surface area contributed by atoms with Crippen molar-refractivity contribution in [2.45, 2.75) is 0 Å². The Bertz CT molecular complexity index is 1560. The fraction of sp³-hybridized carbons (Fsp3) is 0.143. The van der Waals surface area contributed by atoms with Gasteiger partial charge in [-0.3, -0.25) is 9.78 Å². The van der Waals surface area contributed by atoms with Gasteiger partial charge in [-0.1, -0.05) is 30.3 Å². The Morgan fingerprint density at radius 1 is 0.946 bits per heavy atom. The Labute approximate surface area is 212 Å². The second-order valence-electron chi connectivity index (χ2n) is 8.68. The number of imidazole rings is 1. The minimum Gasteiger partial charge on any atom is -0.378 e. The van der Waals surface area contributed by atoms with E-state index in [1.165, 1.54) is 12.1 Å². The van der Waals surface area contributed by atoms with Gasteiger partial charge in [-0.25, -0.2) is 14.4 Å². The van der Waals surface area contributed by atoms with E-state index in [1.807, 2.05) is 41.1 Å². The molecule has 2 aromatic carbocycles. The van der Waals surface area contributed by atoms with Crippen LogP contribution in [0, 0.1) is 5.82 Å². The molecule has 1 aliphatic rings. The van der Waals surface area contributed by atoms with Crippen molar-refractivity contribution in [1.29, 1.82) is 0 Å². The summed E-state index contributed by atoms with van der Waals surface area (Å²) in [5.74, 6) is 0.183. The predicted molar refractivity (Wildman–Crippen MR) is 139 cm³/mol. The monoisotopic (exact) mass is 494 g/mol. The summed E-state index contributed by atoms with van der Waals surface area (Å²) in [5.41, 5.74) is 4.88. The van der Waals surface area contributed by atoms with Crippen LogP contribution < -0.4 is 10.2 Å². The second-order valence-corrected chi connectivity index (χ2v) is 8.68. The molecular weight excluding hydrogens is 471 g/mol. The van der Waals surface area contributed by atoms with E-state index in [9.17, 15) is 9.18 Å². The van der Waals surface area contributed by atoms with Crippen molar-refractivity contribution >= 4 is 23.1 Å². The van der Waals surface area contributed by atoms with Gasteiger partial charge in [-0.15, -0.1) is 0 Å². The van der Waals surface area contributed by atoms with E-state index in [4.69, 9.17) is 9.72 Å². The molecule has 1 aliphatic heterocycles. The minimum atomic E-state index is -0.328. The van der Waals surface area contributed by atoms with E-state index in [2.05, 4.69) is 20.2 Å². The number of aromatic nitrogens is 4. The first kappa shape index (κ1) is 22.8. The van der Waals surface area contributed by atoms with E-state index >= 15 is 0 Å². The number of halogens is 1. The number of amides is 1. The van der Waals surface area contributed by atoms with Gasteiger partial charge < -0.3 is 19.4 Å². The molecule has 3 aromatic heterocycles. The Hall–Kier alpha value is -4.63. The van der Waals surface area contributed by atoms with Crippen molar-refractivity contribution in [2.75, 3.05) is 36.5 Å². The highest BCUT2D eigenvalue weighted by atomic mass is 19.1. The third-order valence-corrected chi connectivity index (χ3v) is 6.26. The molecule has 6 rings (SSSR count). The third kappa shape index (κ3) is 4.76. The first-order valence-electron chi connectivity index (χ1n) is 11.9. The number of carbonyl (C=O) groups excluding carboxylic acids is 1. The number of benzene rings is 2. The summed E-state index contributed by atoms with van der Waals surface area (Å²) in [4.78, 5) is 28.6. The van der Waals surface area contributed by atoms with Crippen LogP contribution in [-0.2, 0) is 4.74 Å². The molecule has 1 fully saturated rings. The van der Waals surface area contributed by atoms with Crippen LogP contribution >= 0.6 is 0 Å². The number of hydrogen-bond acceptors (Lipinski definition) is 6. The van der Waals surface area contributed by atoms with Crippen molar-refractivity contribution in [1.82, 2.24) is 19.4 Å². The maximum absolute atomic E-state index is 13.5. The quantitative estimate of drug-likeness (QED) is 0.382. The molecule has 0 spiro atoms. The molecular formula is C28H23FN6O2. The van der Waals surface area contributed by atoms with Gasteiger partial charge >= 0.3 is 0 Å². The van der Waals surface area contributed by atoms with Crippen LogP contribution in [0.5, 0.6) is 0 Å². The molecule has 37 heavy (non-hydrogen) atoms. The number of rotatable bonds is 5. The summed E-state index contributed by atoms with van der Waals surface area (Å²) < 4.78 is 21.0. The Morgan fingerprint density at radius 3 is 2.51 bits per heavy atom. The predicted octanol–water partition coefficient (Wildman–Crippen LogP) is 4.69. The average Bonchev–Trinajstić information content (AvgIpc) is 3.42. The molecule has 4 heterocycles. The molecule has 0 radical (unpaired) electrons. The van der Waals surface area contributed by atoms with Crippen LogP contribution in [0.25, 0.3) is 28.0 Å². The molecule has 0 unspecified atom stereocenters. The van der Waals surface area contributed by atoms with Crippen molar-refractivity contribution < 1.29 is 13.9 Å². The number of carbonyl (C=O) groups is 1. The van der Waals surface area contributed by atoms with Crippen molar-refractivity contribution in [3.8, 4) is 22.4 Å². The van der Waals surface area contributed by atoms with Crippen molar-refractivity contribution in [3.05, 3.63) is 97.0 Å². The molecule has 1 saturated heterocycles. The second kappa shape index (κ2) is 9.79. The first-order chi connectivity index (χ1) is 18.1. The maximum atomic E-state index is 13.5. The Kier molecular flexibility index (Phi) is 6.03. The molecule has 9 heteroatoms.